The summed E-state index contributed by atoms with van der Waals surface area (Å²) in [6.07, 6.45) is 0. The van der Waals surface area contributed by atoms with Crippen LogP contribution in [-0.4, -0.2) is 45.0 Å². The van der Waals surface area contributed by atoms with Crippen molar-refractivity contribution >= 4 is 39.3 Å². The molecule has 0 radical (unpaired) electrons. The van der Waals surface area contributed by atoms with Crippen LogP contribution in [0, 0.1) is 0 Å². The summed E-state index contributed by atoms with van der Waals surface area (Å²) in [5, 5.41) is 10.7. The summed E-state index contributed by atoms with van der Waals surface area (Å²) in [5.41, 5.74) is 3.90. The lowest BCUT2D eigenvalue weighted by Crippen LogP contribution is -2.04. The summed E-state index contributed by atoms with van der Waals surface area (Å²) in [7, 11) is 0. The fourth-order valence-electron chi connectivity index (χ4n) is 2.77. The Morgan fingerprint density at radius 3 is 2.62 bits per heavy atom. The summed E-state index contributed by atoms with van der Waals surface area (Å²) in [6, 6.07) is 16.2. The summed E-state index contributed by atoms with van der Waals surface area (Å²) >= 11 is 1.64. The molecule has 0 aliphatic heterocycles. The number of para-hydroxylation sites is 3. The molecule has 0 spiro atoms. The molecule has 5 nitrogen and oxygen atoms in total. The molecule has 0 aliphatic rings. The summed E-state index contributed by atoms with van der Waals surface area (Å²) < 4.78 is 7.47. The molecule has 0 fully saturated rings. The molecule has 0 unspecified atom stereocenters. The van der Waals surface area contributed by atoms with Gasteiger partial charge < -0.3 is 9.84 Å². The highest BCUT2D eigenvalue weighted by Crippen LogP contribution is 2.28. The predicted octanol–water partition coefficient (Wildman–Crippen LogP) is 3.14. The van der Waals surface area contributed by atoms with Crippen LogP contribution in [0.25, 0.3) is 27.6 Å². The van der Waals surface area contributed by atoms with E-state index in [1.165, 1.54) is 0 Å². The SMILES string of the molecule is OCCOCCSc1nc2ccccc2c2nc3ccccc3n12. The molecule has 24 heavy (non-hydrogen) atoms. The largest absolute Gasteiger partial charge is 0.394 e. The fraction of sp³-hybridized carbons (Fsp3) is 0.222. The molecule has 0 aliphatic carbocycles. The maximum absolute atomic E-state index is 8.78. The Bertz CT molecular complexity index is 999. The van der Waals surface area contributed by atoms with Gasteiger partial charge in [-0.1, -0.05) is 36.0 Å². The Balaban J connectivity index is 1.83. The van der Waals surface area contributed by atoms with Crippen LogP contribution in [0.1, 0.15) is 0 Å². The van der Waals surface area contributed by atoms with Crippen molar-refractivity contribution in [3.63, 3.8) is 0 Å². The highest BCUT2D eigenvalue weighted by atomic mass is 32.2. The Hall–Kier alpha value is -2.15. The molecule has 2 aromatic carbocycles. The second-order valence-corrected chi connectivity index (χ2v) is 6.42. The molecule has 6 heteroatoms. The summed E-state index contributed by atoms with van der Waals surface area (Å²) in [5.74, 6) is 0.771. The molecule has 2 aromatic heterocycles. The number of fused-ring (bicyclic) bond motifs is 5. The second kappa shape index (κ2) is 6.76. The number of hydrogen-bond acceptors (Lipinski definition) is 5. The first kappa shape index (κ1) is 15.4. The van der Waals surface area contributed by atoms with Gasteiger partial charge in [-0.15, -0.1) is 0 Å². The van der Waals surface area contributed by atoms with Crippen molar-refractivity contribution in [2.24, 2.45) is 0 Å². The lowest BCUT2D eigenvalue weighted by Gasteiger charge is -2.08. The van der Waals surface area contributed by atoms with E-state index in [-0.39, 0.29) is 6.61 Å². The first-order chi connectivity index (χ1) is 11.9. The molecular weight excluding hydrogens is 322 g/mol. The molecule has 0 amide bonds. The number of aliphatic hydroxyl groups is 1. The van der Waals surface area contributed by atoms with Crippen LogP contribution >= 0.6 is 11.8 Å². The van der Waals surface area contributed by atoms with Gasteiger partial charge >= 0.3 is 0 Å². The number of rotatable bonds is 6. The van der Waals surface area contributed by atoms with E-state index in [4.69, 9.17) is 19.8 Å². The highest BCUT2D eigenvalue weighted by Gasteiger charge is 2.13. The van der Waals surface area contributed by atoms with E-state index < -0.39 is 0 Å². The van der Waals surface area contributed by atoms with Gasteiger partial charge in [-0.25, -0.2) is 9.97 Å². The van der Waals surface area contributed by atoms with Crippen molar-refractivity contribution in [2.75, 3.05) is 25.6 Å². The first-order valence-electron chi connectivity index (χ1n) is 7.86. The standard InChI is InChI=1S/C18H17N3O2S/c22-9-10-23-11-12-24-18-20-14-6-2-1-5-13(14)17-19-15-7-3-4-8-16(15)21(17)18/h1-8,22H,9-12H2. The quantitative estimate of drug-likeness (QED) is 0.332. The Labute approximate surface area is 143 Å². The third-order valence-corrected chi connectivity index (χ3v) is 4.71. The molecule has 4 aromatic rings. The molecule has 4 rings (SSSR count). The van der Waals surface area contributed by atoms with Gasteiger partial charge in [0.1, 0.15) is 5.65 Å². The zero-order valence-corrected chi connectivity index (χ0v) is 13.9. The van der Waals surface area contributed by atoms with Crippen LogP contribution in [0.15, 0.2) is 53.7 Å². The minimum absolute atomic E-state index is 0.0509. The molecule has 2 heterocycles. The number of aromatic nitrogens is 3. The molecule has 0 bridgehead atoms. The number of hydrogen-bond donors (Lipinski definition) is 1. The molecule has 122 valence electrons. The predicted molar refractivity (Wildman–Crippen MR) is 96.6 cm³/mol. The van der Waals surface area contributed by atoms with E-state index in [2.05, 4.69) is 16.5 Å². The van der Waals surface area contributed by atoms with E-state index in [1.54, 1.807) is 11.8 Å². The summed E-state index contributed by atoms with van der Waals surface area (Å²) in [6.45, 7) is 0.998. The van der Waals surface area contributed by atoms with E-state index in [1.807, 2.05) is 36.4 Å². The second-order valence-electron chi connectivity index (χ2n) is 5.36. The van der Waals surface area contributed by atoms with Crippen LogP contribution in [0.3, 0.4) is 0 Å². The van der Waals surface area contributed by atoms with Crippen molar-refractivity contribution < 1.29 is 9.84 Å². The van der Waals surface area contributed by atoms with E-state index >= 15 is 0 Å². The Kier molecular flexibility index (Phi) is 4.34. The van der Waals surface area contributed by atoms with Gasteiger partial charge in [0.05, 0.1) is 36.4 Å². The van der Waals surface area contributed by atoms with Gasteiger partial charge in [0.15, 0.2) is 5.16 Å². The third-order valence-electron chi connectivity index (χ3n) is 3.81. The van der Waals surface area contributed by atoms with Gasteiger partial charge in [0, 0.05) is 11.1 Å². The lowest BCUT2D eigenvalue weighted by atomic mass is 10.2. The van der Waals surface area contributed by atoms with Crippen molar-refractivity contribution in [1.29, 1.82) is 0 Å². The van der Waals surface area contributed by atoms with Crippen molar-refractivity contribution in [1.82, 2.24) is 14.4 Å². The first-order valence-corrected chi connectivity index (χ1v) is 8.84. The fourth-order valence-corrected chi connectivity index (χ4v) is 3.63. The number of aliphatic hydroxyl groups excluding tert-OH is 1. The maximum Gasteiger partial charge on any atom is 0.174 e. The normalized spacial score (nSPS) is 11.7. The van der Waals surface area contributed by atoms with Gasteiger partial charge in [0.2, 0.25) is 0 Å². The Morgan fingerprint density at radius 1 is 0.958 bits per heavy atom. The zero-order valence-electron chi connectivity index (χ0n) is 13.1. The molecular formula is C18H17N3O2S. The van der Waals surface area contributed by atoms with Crippen LogP contribution in [0.4, 0.5) is 0 Å². The molecule has 0 saturated carbocycles. The van der Waals surface area contributed by atoms with Gasteiger partial charge in [-0.3, -0.25) is 4.40 Å². The monoisotopic (exact) mass is 339 g/mol. The smallest absolute Gasteiger partial charge is 0.174 e. The Morgan fingerprint density at radius 2 is 1.75 bits per heavy atom. The number of thioether (sulfide) groups is 1. The van der Waals surface area contributed by atoms with E-state index in [0.29, 0.717) is 13.2 Å². The van der Waals surface area contributed by atoms with Crippen molar-refractivity contribution in [3.8, 4) is 0 Å². The maximum atomic E-state index is 8.78. The van der Waals surface area contributed by atoms with Gasteiger partial charge in [-0.2, -0.15) is 0 Å². The molecule has 0 saturated heterocycles. The lowest BCUT2D eigenvalue weighted by molar-refractivity contribution is 0.103. The average molecular weight is 339 g/mol. The van der Waals surface area contributed by atoms with Crippen LogP contribution < -0.4 is 0 Å². The zero-order chi connectivity index (χ0) is 16.4. The highest BCUT2D eigenvalue weighted by molar-refractivity contribution is 7.99. The number of imidazole rings is 1. The molecule has 1 N–H and O–H groups in total. The summed E-state index contributed by atoms with van der Waals surface area (Å²) in [4.78, 5) is 9.63. The van der Waals surface area contributed by atoms with Crippen LogP contribution in [-0.2, 0) is 4.74 Å². The third kappa shape index (κ3) is 2.73. The van der Waals surface area contributed by atoms with Crippen LogP contribution in [0.2, 0.25) is 0 Å². The van der Waals surface area contributed by atoms with Crippen molar-refractivity contribution in [3.05, 3.63) is 48.5 Å². The van der Waals surface area contributed by atoms with E-state index in [9.17, 15) is 0 Å². The minimum atomic E-state index is 0.0509. The topological polar surface area (TPSA) is 59.7 Å². The average Bonchev–Trinajstić information content (AvgIpc) is 3.01. The van der Waals surface area contributed by atoms with E-state index in [0.717, 1.165) is 38.5 Å². The molecule has 0 atom stereocenters. The van der Waals surface area contributed by atoms with Gasteiger partial charge in [0.25, 0.3) is 0 Å². The number of benzene rings is 2. The minimum Gasteiger partial charge on any atom is -0.394 e. The number of nitrogens with zero attached hydrogens (tertiary/aromatic N) is 3. The van der Waals surface area contributed by atoms with Crippen molar-refractivity contribution in [2.45, 2.75) is 5.16 Å². The number of ether oxygens (including phenoxy) is 1. The van der Waals surface area contributed by atoms with Gasteiger partial charge in [-0.05, 0) is 24.3 Å². The van der Waals surface area contributed by atoms with Crippen LogP contribution in [0.5, 0.6) is 0 Å².